The molecule has 2 amide bonds. The van der Waals surface area contributed by atoms with Gasteiger partial charge >= 0.3 is 0 Å². The monoisotopic (exact) mass is 479 g/mol. The average Bonchev–Trinajstić information content (AvgIpc) is 3.30. The first kappa shape index (κ1) is 24.6. The molecule has 0 aliphatic carbocycles. The van der Waals surface area contributed by atoms with Crippen LogP contribution in [0.2, 0.25) is 0 Å². The third-order valence-corrected chi connectivity index (χ3v) is 6.41. The fourth-order valence-electron chi connectivity index (χ4n) is 4.16. The van der Waals surface area contributed by atoms with Gasteiger partial charge < -0.3 is 30.2 Å². The SMILES string of the molecule is CNC(C)n1cc(C(=O)NCC2CCOCC2)cc(C(=O)NCCc2nc3ccccc3[nH]2)c1=N. The molecule has 1 aliphatic rings. The van der Waals surface area contributed by atoms with E-state index in [-0.39, 0.29) is 23.1 Å². The molecule has 1 unspecified atom stereocenters. The van der Waals surface area contributed by atoms with Crippen LogP contribution < -0.4 is 21.4 Å². The van der Waals surface area contributed by atoms with Crippen LogP contribution in [0.1, 0.15) is 52.5 Å². The van der Waals surface area contributed by atoms with Crippen LogP contribution in [0.3, 0.4) is 0 Å². The molecule has 1 aromatic carbocycles. The summed E-state index contributed by atoms with van der Waals surface area (Å²) in [6.07, 6.45) is 3.70. The second-order valence-electron chi connectivity index (χ2n) is 8.84. The maximum absolute atomic E-state index is 13.0. The summed E-state index contributed by atoms with van der Waals surface area (Å²) in [5.41, 5.74) is 2.36. The fraction of sp³-hybridized carbons (Fsp3) is 0.440. The van der Waals surface area contributed by atoms with Crippen LogP contribution in [-0.4, -0.2) is 59.7 Å². The van der Waals surface area contributed by atoms with E-state index >= 15 is 0 Å². The maximum atomic E-state index is 13.0. The van der Waals surface area contributed by atoms with Crippen molar-refractivity contribution in [3.63, 3.8) is 0 Å². The van der Waals surface area contributed by atoms with E-state index in [2.05, 4.69) is 25.9 Å². The van der Waals surface area contributed by atoms with Gasteiger partial charge in [-0.1, -0.05) is 12.1 Å². The molecule has 1 saturated heterocycles. The van der Waals surface area contributed by atoms with Crippen molar-refractivity contribution in [3.05, 3.63) is 59.0 Å². The minimum Gasteiger partial charge on any atom is -0.381 e. The lowest BCUT2D eigenvalue weighted by molar-refractivity contribution is 0.0642. The first-order valence-corrected chi connectivity index (χ1v) is 12.0. The molecule has 4 rings (SSSR count). The lowest BCUT2D eigenvalue weighted by Crippen LogP contribution is -2.39. The number of aromatic amines is 1. The van der Waals surface area contributed by atoms with Crippen molar-refractivity contribution in [2.45, 2.75) is 32.4 Å². The molecular weight excluding hydrogens is 446 g/mol. The number of carbonyl (C=O) groups excluding carboxylic acids is 2. The van der Waals surface area contributed by atoms with E-state index in [1.807, 2.05) is 31.2 Å². The van der Waals surface area contributed by atoms with Crippen molar-refractivity contribution >= 4 is 22.8 Å². The summed E-state index contributed by atoms with van der Waals surface area (Å²) < 4.78 is 6.98. The largest absolute Gasteiger partial charge is 0.381 e. The molecule has 3 heterocycles. The van der Waals surface area contributed by atoms with Crippen LogP contribution in [0.4, 0.5) is 0 Å². The Morgan fingerprint density at radius 3 is 2.74 bits per heavy atom. The third kappa shape index (κ3) is 5.95. The van der Waals surface area contributed by atoms with Crippen molar-refractivity contribution in [2.24, 2.45) is 5.92 Å². The molecule has 5 N–H and O–H groups in total. The van der Waals surface area contributed by atoms with Crippen LogP contribution in [0.5, 0.6) is 0 Å². The Morgan fingerprint density at radius 2 is 2.00 bits per heavy atom. The van der Waals surface area contributed by atoms with Crippen LogP contribution in [0.15, 0.2) is 36.5 Å². The van der Waals surface area contributed by atoms with Crippen molar-refractivity contribution in [1.29, 1.82) is 5.41 Å². The van der Waals surface area contributed by atoms with Gasteiger partial charge in [-0.15, -0.1) is 0 Å². The molecule has 0 bridgehead atoms. The first-order valence-electron chi connectivity index (χ1n) is 12.0. The number of carbonyl (C=O) groups is 2. The molecule has 1 aliphatic heterocycles. The zero-order valence-electron chi connectivity index (χ0n) is 20.2. The summed E-state index contributed by atoms with van der Waals surface area (Å²) >= 11 is 0. The highest BCUT2D eigenvalue weighted by Gasteiger charge is 2.19. The smallest absolute Gasteiger partial charge is 0.255 e. The number of aromatic nitrogens is 3. The van der Waals surface area contributed by atoms with Gasteiger partial charge in [0.2, 0.25) is 0 Å². The summed E-state index contributed by atoms with van der Waals surface area (Å²) in [5, 5.41) is 17.5. The number of pyridine rings is 1. The summed E-state index contributed by atoms with van der Waals surface area (Å²) in [5.74, 6) is 0.498. The quantitative estimate of drug-likeness (QED) is 0.318. The second kappa shape index (κ2) is 11.3. The highest BCUT2D eigenvalue weighted by atomic mass is 16.5. The van der Waals surface area contributed by atoms with E-state index in [4.69, 9.17) is 10.1 Å². The number of hydrogen-bond donors (Lipinski definition) is 5. The van der Waals surface area contributed by atoms with Crippen molar-refractivity contribution in [1.82, 2.24) is 30.5 Å². The van der Waals surface area contributed by atoms with Gasteiger partial charge in [-0.25, -0.2) is 4.98 Å². The number of imidazole rings is 1. The van der Waals surface area contributed by atoms with Crippen molar-refractivity contribution < 1.29 is 14.3 Å². The normalized spacial score (nSPS) is 15.1. The van der Waals surface area contributed by atoms with Crippen LogP contribution in [0.25, 0.3) is 11.0 Å². The number of benzene rings is 1. The average molecular weight is 480 g/mol. The molecule has 35 heavy (non-hydrogen) atoms. The Hall–Kier alpha value is -3.50. The lowest BCUT2D eigenvalue weighted by Gasteiger charge is -2.22. The third-order valence-electron chi connectivity index (χ3n) is 6.41. The van der Waals surface area contributed by atoms with Gasteiger partial charge in [0.15, 0.2) is 0 Å². The van der Waals surface area contributed by atoms with Crippen LogP contribution >= 0.6 is 0 Å². The van der Waals surface area contributed by atoms with E-state index in [1.54, 1.807) is 17.8 Å². The topological polar surface area (TPSA) is 137 Å². The zero-order valence-corrected chi connectivity index (χ0v) is 20.2. The molecule has 0 saturated carbocycles. The first-order chi connectivity index (χ1) is 17.0. The van der Waals surface area contributed by atoms with Crippen LogP contribution in [0, 0.1) is 11.3 Å². The van der Waals surface area contributed by atoms with E-state index in [9.17, 15) is 9.59 Å². The zero-order chi connectivity index (χ0) is 24.8. The lowest BCUT2D eigenvalue weighted by atomic mass is 10.0. The van der Waals surface area contributed by atoms with E-state index in [0.717, 1.165) is 29.7 Å². The Labute approximate surface area is 204 Å². The molecule has 3 aromatic rings. The van der Waals surface area contributed by atoms with Crippen molar-refractivity contribution in [2.75, 3.05) is 33.4 Å². The predicted molar refractivity (Wildman–Crippen MR) is 132 cm³/mol. The van der Waals surface area contributed by atoms with E-state index in [1.165, 1.54) is 6.07 Å². The van der Waals surface area contributed by atoms with Gasteiger partial charge in [0.05, 0.1) is 28.3 Å². The second-order valence-corrected chi connectivity index (χ2v) is 8.84. The minimum atomic E-state index is -0.401. The molecule has 0 spiro atoms. The summed E-state index contributed by atoms with van der Waals surface area (Å²) in [6, 6.07) is 9.25. The number of hydrogen-bond acceptors (Lipinski definition) is 6. The predicted octanol–water partition coefficient (Wildman–Crippen LogP) is 1.71. The Kier molecular flexibility index (Phi) is 7.94. The highest BCUT2D eigenvalue weighted by molar-refractivity contribution is 5.99. The number of para-hydroxylation sites is 2. The Morgan fingerprint density at radius 1 is 1.23 bits per heavy atom. The number of fused-ring (bicyclic) bond motifs is 1. The summed E-state index contributed by atoms with van der Waals surface area (Å²) in [7, 11) is 1.77. The minimum absolute atomic E-state index is 0.0362. The number of nitrogens with one attached hydrogen (secondary N) is 5. The molecule has 1 fully saturated rings. The van der Waals surface area contributed by atoms with E-state index < -0.39 is 5.91 Å². The van der Waals surface area contributed by atoms with Gasteiger partial charge in [-0.2, -0.15) is 0 Å². The Bertz CT molecular complexity index is 1210. The molecule has 10 nitrogen and oxygen atoms in total. The Balaban J connectivity index is 1.46. The highest BCUT2D eigenvalue weighted by Crippen LogP contribution is 2.14. The number of nitrogens with zero attached hydrogens (tertiary/aromatic N) is 2. The molecular formula is C25H33N7O3. The number of amides is 2. The number of ether oxygens (including phenoxy) is 1. The fourth-order valence-corrected chi connectivity index (χ4v) is 4.16. The number of H-pyrrole nitrogens is 1. The summed E-state index contributed by atoms with van der Waals surface area (Å²) in [4.78, 5) is 33.7. The van der Waals surface area contributed by atoms with Gasteiger partial charge in [0, 0.05) is 38.9 Å². The van der Waals surface area contributed by atoms with E-state index in [0.29, 0.717) is 44.2 Å². The maximum Gasteiger partial charge on any atom is 0.255 e. The molecule has 186 valence electrons. The van der Waals surface area contributed by atoms with Gasteiger partial charge in [-0.05, 0) is 50.9 Å². The van der Waals surface area contributed by atoms with Crippen molar-refractivity contribution in [3.8, 4) is 0 Å². The molecule has 10 heteroatoms. The van der Waals surface area contributed by atoms with Gasteiger partial charge in [0.1, 0.15) is 11.3 Å². The number of rotatable bonds is 9. The van der Waals surface area contributed by atoms with Crippen LogP contribution in [-0.2, 0) is 11.2 Å². The summed E-state index contributed by atoms with van der Waals surface area (Å²) in [6.45, 7) is 4.20. The molecule has 2 aromatic heterocycles. The standard InChI is InChI=1S/C25H33N7O3/c1-16(27-2)32-15-18(24(33)29-14-17-8-11-35-12-9-17)13-19(23(32)26)25(34)28-10-7-22-30-20-5-3-4-6-21(20)31-22/h3-6,13,15-17,26-27H,7-12,14H2,1-2H3,(H,28,34)(H,29,33)(H,30,31). The molecule has 1 atom stereocenters. The molecule has 0 radical (unpaired) electrons. The van der Waals surface area contributed by atoms with Gasteiger partial charge in [-0.3, -0.25) is 15.0 Å². The van der Waals surface area contributed by atoms with Gasteiger partial charge in [0.25, 0.3) is 11.8 Å².